The van der Waals surface area contributed by atoms with E-state index in [1.165, 1.54) is 13.8 Å². The zero-order chi connectivity index (χ0) is 36.4. The van der Waals surface area contributed by atoms with E-state index < -0.39 is 54.3 Å². The molecule has 7 N–H and O–H groups in total. The van der Waals surface area contributed by atoms with Crippen LogP contribution in [0.4, 0.5) is 0 Å². The van der Waals surface area contributed by atoms with E-state index >= 15 is 0 Å². The van der Waals surface area contributed by atoms with E-state index in [-0.39, 0.29) is 25.9 Å². The maximum Gasteiger partial charge on any atom is 0.326 e. The van der Waals surface area contributed by atoms with Crippen LogP contribution >= 0.6 is 0 Å². The van der Waals surface area contributed by atoms with Crippen molar-refractivity contribution in [3.05, 3.63) is 30.2 Å². The number of aliphatic hydroxyl groups is 2. The number of imidazole rings is 2. The van der Waals surface area contributed by atoms with Crippen LogP contribution in [0.15, 0.2) is 23.8 Å². The number of carbonyl (C=O) groups is 4. The first kappa shape index (κ1) is 37.9. The maximum absolute atomic E-state index is 11.4. The highest BCUT2D eigenvalue weighted by Crippen LogP contribution is 2.32. The number of nitrogens with zero attached hydrogens (tertiary/aromatic N) is 6. The zero-order valence-electron chi connectivity index (χ0n) is 28.3. The van der Waals surface area contributed by atoms with Gasteiger partial charge in [-0.05, 0) is 45.4 Å². The number of aliphatic hydroxyl groups excluding tert-OH is 2. The molecule has 0 aromatic carbocycles. The number of carbonyl (C=O) groups excluding carboxylic acids is 2. The maximum atomic E-state index is 11.4. The molecule has 1 saturated heterocycles. The second kappa shape index (κ2) is 17.6. The van der Waals surface area contributed by atoms with E-state index in [1.54, 1.807) is 34.0 Å². The second-order valence-corrected chi connectivity index (χ2v) is 12.2. The molecule has 1 aliphatic heterocycles. The number of aromatic nitrogens is 5. The Bertz CT molecular complexity index is 1730. The summed E-state index contributed by atoms with van der Waals surface area (Å²) in [5.74, 6) is -2.99. The monoisotopic (exact) mass is 699 g/mol. The number of aliphatic imine (C=N–C) groups is 1. The van der Waals surface area contributed by atoms with Crippen molar-refractivity contribution in [1.82, 2.24) is 39.9 Å². The lowest BCUT2D eigenvalue weighted by atomic mass is 10.1. The summed E-state index contributed by atoms with van der Waals surface area (Å²) in [7, 11) is 0. The number of unbranched alkanes of at least 4 members (excludes halogenated alkanes) is 2. The fraction of sp³-hybridized carbons (Fsp3) is 0.562. The van der Waals surface area contributed by atoms with Crippen molar-refractivity contribution in [1.29, 1.82) is 0 Å². The lowest BCUT2D eigenvalue weighted by Crippen LogP contribution is -2.39. The first-order valence-corrected chi connectivity index (χ1v) is 16.5. The van der Waals surface area contributed by atoms with Crippen LogP contribution in [-0.2, 0) is 23.9 Å². The number of hydrogen-bond donors (Lipinski definition) is 7. The Hall–Kier alpha value is -4.94. The molecule has 4 heterocycles. The van der Waals surface area contributed by atoms with E-state index in [0.717, 1.165) is 5.69 Å². The molecular weight excluding hydrogens is 654 g/mol. The van der Waals surface area contributed by atoms with E-state index in [9.17, 15) is 39.6 Å². The van der Waals surface area contributed by atoms with E-state index in [4.69, 9.17) is 9.72 Å². The van der Waals surface area contributed by atoms with Crippen LogP contribution in [-0.4, -0.2) is 118 Å². The van der Waals surface area contributed by atoms with Crippen molar-refractivity contribution >= 4 is 52.4 Å². The SMILES string of the molecule is CC(=O)N[C@@H](CCCCN=C/C(=C\NCCCC[C@H](NC(C)=O)C(=O)O)c1nc2c3ncn([C@H]4C[C@H](O)[C@@H](CO)O4)c3ncn2c1C)C(=O)O. The fourth-order valence-corrected chi connectivity index (χ4v) is 5.75. The van der Waals surface area contributed by atoms with Gasteiger partial charge in [-0.2, -0.15) is 0 Å². The molecule has 0 saturated carbocycles. The summed E-state index contributed by atoms with van der Waals surface area (Å²) in [6, 6.07) is -1.91. The van der Waals surface area contributed by atoms with Crippen LogP contribution in [0, 0.1) is 6.92 Å². The normalized spacial score (nSPS) is 19.2. The molecule has 1 aliphatic rings. The van der Waals surface area contributed by atoms with Gasteiger partial charge < -0.3 is 41.1 Å². The van der Waals surface area contributed by atoms with Gasteiger partial charge in [-0.25, -0.2) is 24.5 Å². The van der Waals surface area contributed by atoms with Gasteiger partial charge in [0.2, 0.25) is 11.8 Å². The second-order valence-electron chi connectivity index (χ2n) is 12.2. The Morgan fingerprint density at radius 3 is 2.26 bits per heavy atom. The largest absolute Gasteiger partial charge is 0.480 e. The van der Waals surface area contributed by atoms with Gasteiger partial charge in [0.25, 0.3) is 0 Å². The summed E-state index contributed by atoms with van der Waals surface area (Å²) in [5, 5.41) is 46.5. The minimum absolute atomic E-state index is 0.270. The Morgan fingerprint density at radius 2 is 1.66 bits per heavy atom. The number of amides is 2. The minimum Gasteiger partial charge on any atom is -0.480 e. The highest BCUT2D eigenvalue weighted by atomic mass is 16.5. The smallest absolute Gasteiger partial charge is 0.326 e. The van der Waals surface area contributed by atoms with Crippen LogP contribution in [0.3, 0.4) is 0 Å². The number of carboxylic acid groups (broad SMARTS) is 2. The van der Waals surface area contributed by atoms with Crippen LogP contribution in [0.5, 0.6) is 0 Å². The van der Waals surface area contributed by atoms with Gasteiger partial charge in [-0.15, -0.1) is 0 Å². The Morgan fingerprint density at radius 1 is 1.00 bits per heavy atom. The quantitative estimate of drug-likeness (QED) is 0.0667. The number of nitrogens with one attached hydrogen (secondary N) is 3. The zero-order valence-corrected chi connectivity index (χ0v) is 28.3. The number of ether oxygens (including phenoxy) is 1. The first-order chi connectivity index (χ1) is 23.9. The van der Waals surface area contributed by atoms with Gasteiger partial charge in [-0.1, -0.05) is 0 Å². The van der Waals surface area contributed by atoms with Gasteiger partial charge in [-0.3, -0.25) is 23.5 Å². The predicted octanol–water partition coefficient (Wildman–Crippen LogP) is 0.549. The third-order valence-electron chi connectivity index (χ3n) is 8.33. The summed E-state index contributed by atoms with van der Waals surface area (Å²) in [4.78, 5) is 64.1. The summed E-state index contributed by atoms with van der Waals surface area (Å²) in [5.41, 5.74) is 3.56. The van der Waals surface area contributed by atoms with E-state index in [1.807, 2.05) is 6.92 Å². The molecule has 18 heteroatoms. The van der Waals surface area contributed by atoms with Crippen molar-refractivity contribution < 1.29 is 44.3 Å². The highest BCUT2D eigenvalue weighted by Gasteiger charge is 2.35. The standard InChI is InChI=1S/C32H45N9O9/c1-18-27(39-30-28-29(36-17-40(18)30)41(16-35-28)26-12-24(45)25(15-42)50-26)21(13-33-10-6-4-8-22(31(46)47)37-19(2)43)14-34-11-7-5-9-23(32(48)49)38-20(3)44/h13-14,16-17,22-26,33,42,45H,4-12,15H2,1-3H3,(H,37,43)(H,38,44)(H,46,47)(H,48,49)/b21-13+,34-14?/t22-,23-,24-,25+,26+/m0/s1. The lowest BCUT2D eigenvalue weighted by Gasteiger charge is -2.13. The average molecular weight is 700 g/mol. The Balaban J connectivity index is 1.51. The molecule has 0 spiro atoms. The number of rotatable bonds is 19. The van der Waals surface area contributed by atoms with Crippen LogP contribution in [0.2, 0.25) is 0 Å². The molecule has 2 amide bonds. The minimum atomic E-state index is -1.09. The van der Waals surface area contributed by atoms with Crippen LogP contribution < -0.4 is 16.0 Å². The summed E-state index contributed by atoms with van der Waals surface area (Å²) in [6.07, 6.45) is 7.68. The van der Waals surface area contributed by atoms with Crippen molar-refractivity contribution in [2.75, 3.05) is 19.7 Å². The Kier molecular flexibility index (Phi) is 13.4. The summed E-state index contributed by atoms with van der Waals surface area (Å²) in [6.45, 7) is 5.03. The first-order valence-electron chi connectivity index (χ1n) is 16.5. The van der Waals surface area contributed by atoms with Gasteiger partial charge in [0, 0.05) is 57.0 Å². The number of aliphatic carboxylic acids is 2. The Labute approximate surface area is 287 Å². The molecule has 1 fully saturated rings. The van der Waals surface area contributed by atoms with Crippen molar-refractivity contribution in [2.24, 2.45) is 4.99 Å². The van der Waals surface area contributed by atoms with Crippen LogP contribution in [0.25, 0.3) is 22.4 Å². The van der Waals surface area contributed by atoms with Crippen molar-refractivity contribution in [3.63, 3.8) is 0 Å². The molecule has 0 unspecified atom stereocenters. The number of hydrogen-bond acceptors (Lipinski definition) is 12. The lowest BCUT2D eigenvalue weighted by molar-refractivity contribution is -0.142. The van der Waals surface area contributed by atoms with Gasteiger partial charge >= 0.3 is 11.9 Å². The third-order valence-corrected chi connectivity index (χ3v) is 8.33. The molecule has 272 valence electrons. The molecule has 3 aromatic heterocycles. The molecule has 0 radical (unpaired) electrons. The molecular formula is C32H45N9O9. The topological polar surface area (TPSA) is 255 Å². The van der Waals surface area contributed by atoms with E-state index in [0.29, 0.717) is 66.9 Å². The fourth-order valence-electron chi connectivity index (χ4n) is 5.75. The number of allylic oxidation sites excluding steroid dienone is 1. The average Bonchev–Trinajstić information content (AvgIpc) is 3.75. The number of aryl methyl sites for hydroxylation is 1. The summed E-state index contributed by atoms with van der Waals surface area (Å²) >= 11 is 0. The molecule has 3 aromatic rings. The molecule has 0 aliphatic carbocycles. The van der Waals surface area contributed by atoms with E-state index in [2.05, 4.69) is 30.9 Å². The van der Waals surface area contributed by atoms with Crippen LogP contribution in [0.1, 0.15) is 76.4 Å². The molecule has 4 rings (SSSR count). The summed E-state index contributed by atoms with van der Waals surface area (Å²) < 4.78 is 9.32. The predicted molar refractivity (Wildman–Crippen MR) is 180 cm³/mol. The molecule has 0 bridgehead atoms. The molecule has 18 nitrogen and oxygen atoms in total. The molecule has 50 heavy (non-hydrogen) atoms. The van der Waals surface area contributed by atoms with Gasteiger partial charge in [0.15, 0.2) is 16.8 Å². The number of carboxylic acids is 2. The highest BCUT2D eigenvalue weighted by molar-refractivity contribution is 6.10. The number of fused-ring (bicyclic) bond motifs is 3. The third kappa shape index (κ3) is 9.60. The van der Waals surface area contributed by atoms with Crippen molar-refractivity contribution in [2.45, 2.75) is 96.2 Å². The van der Waals surface area contributed by atoms with Gasteiger partial charge in [0.1, 0.15) is 30.7 Å². The van der Waals surface area contributed by atoms with Crippen molar-refractivity contribution in [3.8, 4) is 0 Å². The molecule has 5 atom stereocenters. The van der Waals surface area contributed by atoms with Gasteiger partial charge in [0.05, 0.1) is 24.7 Å².